The van der Waals surface area contributed by atoms with Crippen LogP contribution in [0.3, 0.4) is 0 Å². The van der Waals surface area contributed by atoms with Crippen molar-refractivity contribution in [2.75, 3.05) is 26.8 Å². The minimum Gasteiger partial charge on any atom is -0.383 e. The summed E-state index contributed by atoms with van der Waals surface area (Å²) in [6, 6.07) is 5.67. The number of carbonyl (C=O) groups is 1. The lowest BCUT2D eigenvalue weighted by molar-refractivity contribution is 0.0704. The normalized spacial score (nSPS) is 9.94. The highest BCUT2D eigenvalue weighted by Gasteiger charge is 2.16. The van der Waals surface area contributed by atoms with E-state index in [1.54, 1.807) is 18.1 Å². The molecule has 0 unspecified atom stereocenters. The number of carbonyl (C=O) groups excluding carboxylic acids is 1. The second-order valence-corrected chi connectivity index (χ2v) is 5.76. The first-order chi connectivity index (χ1) is 8.19. The van der Waals surface area contributed by atoms with Crippen molar-refractivity contribution in [3.05, 3.63) is 20.8 Å². The van der Waals surface area contributed by atoms with E-state index in [9.17, 15) is 4.79 Å². The smallest absolute Gasteiger partial charge is 0.264 e. The molecule has 0 aliphatic carbocycles. The first-order valence-corrected chi connectivity index (χ1v) is 6.70. The Morgan fingerprint density at radius 3 is 2.88 bits per heavy atom. The van der Waals surface area contributed by atoms with Gasteiger partial charge in [-0.25, -0.2) is 0 Å². The Morgan fingerprint density at radius 1 is 1.59 bits per heavy atom. The van der Waals surface area contributed by atoms with Gasteiger partial charge in [0.25, 0.3) is 5.91 Å². The summed E-state index contributed by atoms with van der Waals surface area (Å²) in [6.45, 7) is 1.42. The van der Waals surface area contributed by atoms with Crippen LogP contribution in [0.15, 0.2) is 15.9 Å². The third-order valence-electron chi connectivity index (χ3n) is 2.13. The van der Waals surface area contributed by atoms with Crippen molar-refractivity contribution in [1.82, 2.24) is 4.90 Å². The van der Waals surface area contributed by atoms with Crippen LogP contribution in [0.2, 0.25) is 0 Å². The third kappa shape index (κ3) is 4.46. The van der Waals surface area contributed by atoms with Crippen LogP contribution >= 0.6 is 27.3 Å². The van der Waals surface area contributed by atoms with Gasteiger partial charge >= 0.3 is 0 Å². The molecule has 0 aliphatic rings. The number of nitriles is 1. The van der Waals surface area contributed by atoms with Gasteiger partial charge in [0, 0.05) is 20.2 Å². The largest absolute Gasteiger partial charge is 0.383 e. The molecule has 0 saturated carbocycles. The maximum absolute atomic E-state index is 12.1. The minimum absolute atomic E-state index is 0.0481. The number of thiophene rings is 1. The molecule has 1 amide bonds. The van der Waals surface area contributed by atoms with E-state index in [4.69, 9.17) is 10.00 Å². The lowest BCUT2D eigenvalue weighted by Gasteiger charge is -2.20. The number of halogens is 1. The number of hydrogen-bond acceptors (Lipinski definition) is 4. The van der Waals surface area contributed by atoms with Gasteiger partial charge < -0.3 is 9.64 Å². The molecule has 4 nitrogen and oxygen atoms in total. The van der Waals surface area contributed by atoms with Crippen LogP contribution in [-0.2, 0) is 4.74 Å². The Balaban J connectivity index is 2.68. The SMILES string of the molecule is COCCN(CCC#N)C(=O)c1ccc(Br)s1. The van der Waals surface area contributed by atoms with Crippen LogP contribution in [0.4, 0.5) is 0 Å². The molecule has 1 heterocycles. The van der Waals surface area contributed by atoms with Gasteiger partial charge in [0.2, 0.25) is 0 Å². The van der Waals surface area contributed by atoms with Crippen molar-refractivity contribution in [1.29, 1.82) is 5.26 Å². The zero-order valence-electron chi connectivity index (χ0n) is 9.48. The molecule has 0 radical (unpaired) electrons. The van der Waals surface area contributed by atoms with E-state index >= 15 is 0 Å². The van der Waals surface area contributed by atoms with Crippen LogP contribution in [0.25, 0.3) is 0 Å². The monoisotopic (exact) mass is 316 g/mol. The molecule has 92 valence electrons. The molecule has 17 heavy (non-hydrogen) atoms. The molecule has 0 aliphatic heterocycles. The van der Waals surface area contributed by atoms with Gasteiger partial charge in [0.15, 0.2) is 0 Å². The van der Waals surface area contributed by atoms with Gasteiger partial charge in [-0.1, -0.05) is 0 Å². The highest BCUT2D eigenvalue weighted by molar-refractivity contribution is 9.11. The van der Waals surface area contributed by atoms with Crippen LogP contribution in [0.5, 0.6) is 0 Å². The second-order valence-electron chi connectivity index (χ2n) is 3.30. The van der Waals surface area contributed by atoms with Crippen LogP contribution in [-0.4, -0.2) is 37.6 Å². The Kier molecular flexibility index (Phi) is 6.19. The molecule has 1 aromatic rings. The average Bonchev–Trinajstić information content (AvgIpc) is 2.75. The maximum Gasteiger partial charge on any atom is 0.264 e. The van der Waals surface area contributed by atoms with Crippen LogP contribution < -0.4 is 0 Å². The zero-order chi connectivity index (χ0) is 12.7. The third-order valence-corrected chi connectivity index (χ3v) is 3.74. The summed E-state index contributed by atoms with van der Waals surface area (Å²) in [6.07, 6.45) is 0.335. The molecule has 0 spiro atoms. The molecule has 0 N–H and O–H groups in total. The lowest BCUT2D eigenvalue weighted by Crippen LogP contribution is -2.34. The molecule has 1 rings (SSSR count). The summed E-state index contributed by atoms with van der Waals surface area (Å²) in [5.74, 6) is -0.0481. The fourth-order valence-electron chi connectivity index (χ4n) is 1.29. The van der Waals surface area contributed by atoms with Crippen molar-refractivity contribution >= 4 is 33.2 Å². The molecule has 6 heteroatoms. The predicted octanol–water partition coefficient (Wildman–Crippen LogP) is 2.51. The molecule has 1 aromatic heterocycles. The summed E-state index contributed by atoms with van der Waals surface area (Å²) in [5.41, 5.74) is 0. The zero-order valence-corrected chi connectivity index (χ0v) is 11.9. The van der Waals surface area contributed by atoms with Gasteiger partial charge in [-0.3, -0.25) is 4.79 Å². The van der Waals surface area contributed by atoms with E-state index in [2.05, 4.69) is 15.9 Å². The average molecular weight is 317 g/mol. The van der Waals surface area contributed by atoms with Crippen LogP contribution in [0.1, 0.15) is 16.1 Å². The summed E-state index contributed by atoms with van der Waals surface area (Å²) in [7, 11) is 1.59. The van der Waals surface area contributed by atoms with E-state index in [1.807, 2.05) is 12.1 Å². The van der Waals surface area contributed by atoms with E-state index in [0.717, 1.165) is 3.79 Å². The highest BCUT2D eigenvalue weighted by atomic mass is 79.9. The first kappa shape index (κ1) is 14.2. The van der Waals surface area contributed by atoms with Gasteiger partial charge in [0.1, 0.15) is 0 Å². The number of rotatable bonds is 6. The summed E-state index contributed by atoms with van der Waals surface area (Å²) in [5, 5.41) is 8.57. The van der Waals surface area contributed by atoms with Gasteiger partial charge in [-0.05, 0) is 28.1 Å². The second kappa shape index (κ2) is 7.43. The summed E-state index contributed by atoms with van der Waals surface area (Å²) in [4.78, 5) is 14.4. The molecular formula is C11H13BrN2O2S. The number of amides is 1. The number of methoxy groups -OCH3 is 1. The lowest BCUT2D eigenvalue weighted by atomic mass is 10.3. The van der Waals surface area contributed by atoms with Gasteiger partial charge in [-0.15, -0.1) is 11.3 Å². The molecular weight excluding hydrogens is 304 g/mol. The highest BCUT2D eigenvalue weighted by Crippen LogP contribution is 2.23. The van der Waals surface area contributed by atoms with Crippen molar-refractivity contribution in [2.24, 2.45) is 0 Å². The molecule has 0 bridgehead atoms. The molecule has 0 saturated heterocycles. The Bertz CT molecular complexity index is 414. The summed E-state index contributed by atoms with van der Waals surface area (Å²) >= 11 is 4.72. The van der Waals surface area contributed by atoms with E-state index < -0.39 is 0 Å². The topological polar surface area (TPSA) is 53.3 Å². The Morgan fingerprint density at radius 2 is 2.35 bits per heavy atom. The van der Waals surface area contributed by atoms with E-state index in [0.29, 0.717) is 31.0 Å². The standard InChI is InChI=1S/C11H13BrN2O2S/c1-16-8-7-14(6-2-5-13)11(15)9-3-4-10(12)17-9/h3-4H,2,6-8H2,1H3. The quantitative estimate of drug-likeness (QED) is 0.810. The first-order valence-electron chi connectivity index (χ1n) is 5.09. The Hall–Kier alpha value is -0.900. The minimum atomic E-state index is -0.0481. The number of nitrogens with zero attached hydrogens (tertiary/aromatic N) is 2. The van der Waals surface area contributed by atoms with Crippen molar-refractivity contribution in [3.8, 4) is 6.07 Å². The van der Waals surface area contributed by atoms with Crippen molar-refractivity contribution < 1.29 is 9.53 Å². The van der Waals surface area contributed by atoms with E-state index in [-0.39, 0.29) is 5.91 Å². The van der Waals surface area contributed by atoms with Gasteiger partial charge in [-0.2, -0.15) is 5.26 Å². The van der Waals surface area contributed by atoms with Crippen LogP contribution in [0, 0.1) is 11.3 Å². The van der Waals surface area contributed by atoms with Gasteiger partial charge in [0.05, 0.1) is 27.8 Å². The number of ether oxygens (including phenoxy) is 1. The fourth-order valence-corrected chi connectivity index (χ4v) is 2.64. The molecule has 0 aromatic carbocycles. The van der Waals surface area contributed by atoms with Crippen molar-refractivity contribution in [3.63, 3.8) is 0 Å². The number of hydrogen-bond donors (Lipinski definition) is 0. The fraction of sp³-hybridized carbons (Fsp3) is 0.455. The van der Waals surface area contributed by atoms with E-state index in [1.165, 1.54) is 11.3 Å². The molecule has 0 fully saturated rings. The predicted molar refractivity (Wildman–Crippen MR) is 70.0 cm³/mol. The molecule has 0 atom stereocenters. The summed E-state index contributed by atoms with van der Waals surface area (Å²) < 4.78 is 5.88. The Labute approximate surface area is 113 Å². The maximum atomic E-state index is 12.1. The van der Waals surface area contributed by atoms with Crippen molar-refractivity contribution in [2.45, 2.75) is 6.42 Å².